The van der Waals surface area contributed by atoms with Crippen molar-refractivity contribution >= 4 is 22.9 Å². The Morgan fingerprint density at radius 1 is 1.24 bits per heavy atom. The second-order valence-corrected chi connectivity index (χ2v) is 9.06. The van der Waals surface area contributed by atoms with Crippen molar-refractivity contribution in [2.45, 2.75) is 45.4 Å². The third-order valence-corrected chi connectivity index (χ3v) is 7.14. The zero-order valence-corrected chi connectivity index (χ0v) is 19.8. The number of benzene rings is 1. The topological polar surface area (TPSA) is 84.7 Å². The Hall–Kier alpha value is -3.29. The maximum absolute atomic E-state index is 13.5. The summed E-state index contributed by atoms with van der Waals surface area (Å²) in [6, 6.07) is 9.73. The number of carbonyl (C=O) groups is 1. The lowest BCUT2D eigenvalue weighted by Crippen LogP contribution is -2.44. The normalized spacial score (nSPS) is 18.9. The van der Waals surface area contributed by atoms with E-state index in [1.807, 2.05) is 18.2 Å². The number of carbonyl (C=O) groups excluding carboxylic acids is 1. The summed E-state index contributed by atoms with van der Waals surface area (Å²) in [5.41, 5.74) is 2.84. The van der Waals surface area contributed by atoms with Crippen LogP contribution in [0.3, 0.4) is 0 Å². The number of para-hydroxylation sites is 1. The molecule has 2 aliphatic rings. The standard InChI is InChI=1S/C27H29N3O4/c1-4-27(33)21-14-23-24-19(15-30(23)25(31)20(21)16-34-26(27)32)17(10-8-9-13-29(3)5-2)18-11-6-7-12-22(18)28-24/h6-8,10-12,14,33H,4-5,9,13,15-16H2,1-3H3/b10-8+/t27-/m0/s1. The van der Waals surface area contributed by atoms with E-state index in [0.717, 1.165) is 47.2 Å². The van der Waals surface area contributed by atoms with E-state index in [0.29, 0.717) is 23.4 Å². The van der Waals surface area contributed by atoms with Gasteiger partial charge in [0, 0.05) is 23.1 Å². The number of pyridine rings is 2. The molecule has 34 heavy (non-hydrogen) atoms. The minimum Gasteiger partial charge on any atom is -0.458 e. The Labute approximate surface area is 198 Å². The van der Waals surface area contributed by atoms with Crippen molar-refractivity contribution in [3.8, 4) is 11.4 Å². The average Bonchev–Trinajstić information content (AvgIpc) is 3.22. The number of ether oxygens (including phenoxy) is 1. The van der Waals surface area contributed by atoms with Gasteiger partial charge in [-0.15, -0.1) is 0 Å². The maximum Gasteiger partial charge on any atom is 0.343 e. The molecule has 1 N–H and O–H groups in total. The largest absolute Gasteiger partial charge is 0.458 e. The van der Waals surface area contributed by atoms with Crippen molar-refractivity contribution in [1.29, 1.82) is 0 Å². The molecule has 0 aliphatic carbocycles. The van der Waals surface area contributed by atoms with Gasteiger partial charge in [0.25, 0.3) is 5.56 Å². The Kier molecular flexibility index (Phi) is 5.62. The van der Waals surface area contributed by atoms with Crippen LogP contribution in [0.15, 0.2) is 41.2 Å². The lowest BCUT2D eigenvalue weighted by atomic mass is 9.86. The zero-order valence-electron chi connectivity index (χ0n) is 19.8. The van der Waals surface area contributed by atoms with Gasteiger partial charge < -0.3 is 19.3 Å². The van der Waals surface area contributed by atoms with Gasteiger partial charge in [-0.05, 0) is 44.1 Å². The van der Waals surface area contributed by atoms with Crippen molar-refractivity contribution in [1.82, 2.24) is 14.5 Å². The fraction of sp³-hybridized carbons (Fsp3) is 0.370. The molecule has 0 unspecified atom stereocenters. The monoisotopic (exact) mass is 459 g/mol. The Morgan fingerprint density at radius 3 is 2.79 bits per heavy atom. The lowest BCUT2D eigenvalue weighted by Gasteiger charge is -2.31. The number of esters is 1. The molecule has 0 bridgehead atoms. The number of aromatic nitrogens is 2. The summed E-state index contributed by atoms with van der Waals surface area (Å²) >= 11 is 0. The Morgan fingerprint density at radius 2 is 2.03 bits per heavy atom. The second-order valence-electron chi connectivity index (χ2n) is 9.06. The molecule has 5 rings (SSSR count). The summed E-state index contributed by atoms with van der Waals surface area (Å²) in [5, 5.41) is 12.1. The minimum absolute atomic E-state index is 0.125. The fourth-order valence-corrected chi connectivity index (χ4v) is 4.90. The van der Waals surface area contributed by atoms with Gasteiger partial charge >= 0.3 is 5.97 Å². The fourth-order valence-electron chi connectivity index (χ4n) is 4.90. The van der Waals surface area contributed by atoms with Crippen molar-refractivity contribution < 1.29 is 14.6 Å². The number of cyclic esters (lactones) is 1. The van der Waals surface area contributed by atoms with Gasteiger partial charge in [-0.2, -0.15) is 0 Å². The summed E-state index contributed by atoms with van der Waals surface area (Å²) in [4.78, 5) is 33.0. The smallest absolute Gasteiger partial charge is 0.343 e. The highest BCUT2D eigenvalue weighted by Crippen LogP contribution is 2.40. The highest BCUT2D eigenvalue weighted by atomic mass is 16.6. The van der Waals surface area contributed by atoms with Gasteiger partial charge in [-0.3, -0.25) is 4.79 Å². The van der Waals surface area contributed by atoms with Crippen LogP contribution in [-0.2, 0) is 28.3 Å². The second kappa shape index (κ2) is 8.49. The molecule has 176 valence electrons. The van der Waals surface area contributed by atoms with Gasteiger partial charge in [0.2, 0.25) is 0 Å². The van der Waals surface area contributed by atoms with Crippen LogP contribution in [0, 0.1) is 0 Å². The minimum atomic E-state index is -1.82. The van der Waals surface area contributed by atoms with Crippen LogP contribution >= 0.6 is 0 Å². The molecule has 0 amide bonds. The molecule has 1 atom stereocenters. The first-order valence-electron chi connectivity index (χ1n) is 11.8. The van der Waals surface area contributed by atoms with E-state index >= 15 is 0 Å². The molecule has 7 nitrogen and oxygen atoms in total. The van der Waals surface area contributed by atoms with E-state index in [1.165, 1.54) is 0 Å². The van der Waals surface area contributed by atoms with Gasteiger partial charge in [0.1, 0.15) is 6.61 Å². The summed E-state index contributed by atoms with van der Waals surface area (Å²) in [7, 11) is 2.10. The van der Waals surface area contributed by atoms with Crippen LogP contribution in [0.2, 0.25) is 0 Å². The highest BCUT2D eigenvalue weighted by molar-refractivity contribution is 5.93. The molecule has 0 saturated carbocycles. The molecule has 7 heteroatoms. The van der Waals surface area contributed by atoms with Gasteiger partial charge in [0.15, 0.2) is 5.60 Å². The van der Waals surface area contributed by atoms with Crippen LogP contribution < -0.4 is 5.56 Å². The predicted molar refractivity (Wildman–Crippen MR) is 131 cm³/mol. The number of nitrogens with zero attached hydrogens (tertiary/aromatic N) is 3. The molecular formula is C27H29N3O4. The lowest BCUT2D eigenvalue weighted by molar-refractivity contribution is -0.172. The third-order valence-electron chi connectivity index (χ3n) is 7.14. The molecule has 0 saturated heterocycles. The van der Waals surface area contributed by atoms with Gasteiger partial charge in [-0.25, -0.2) is 9.78 Å². The Bertz CT molecular complexity index is 1390. The first-order chi connectivity index (χ1) is 16.4. The molecule has 3 aromatic rings. The molecule has 0 fully saturated rings. The summed E-state index contributed by atoms with van der Waals surface area (Å²) in [6.45, 7) is 6.08. The summed E-state index contributed by atoms with van der Waals surface area (Å²) in [6.07, 6.45) is 5.35. The molecule has 0 spiro atoms. The van der Waals surface area contributed by atoms with E-state index in [1.54, 1.807) is 17.6 Å². The van der Waals surface area contributed by atoms with Crippen molar-refractivity contribution in [2.75, 3.05) is 20.1 Å². The average molecular weight is 460 g/mol. The van der Waals surface area contributed by atoms with Crippen LogP contribution in [0.4, 0.5) is 0 Å². The predicted octanol–water partition coefficient (Wildman–Crippen LogP) is 3.43. The SMILES string of the molecule is CCN(C)CC/C=C/c1c2c(nc3ccccc13)-c1cc3c(c(=O)n1C2)COC(=O)[C@]3(O)CC. The summed E-state index contributed by atoms with van der Waals surface area (Å²) in [5.74, 6) is -0.711. The quantitative estimate of drug-likeness (QED) is 0.445. The van der Waals surface area contributed by atoms with Crippen LogP contribution in [0.1, 0.15) is 48.9 Å². The van der Waals surface area contributed by atoms with E-state index in [-0.39, 0.29) is 18.6 Å². The molecule has 2 aromatic heterocycles. The number of fused-ring (bicyclic) bond motifs is 5. The number of aliphatic hydroxyl groups is 1. The maximum atomic E-state index is 13.5. The number of rotatable bonds is 6. The third kappa shape index (κ3) is 3.38. The van der Waals surface area contributed by atoms with Gasteiger partial charge in [0.05, 0.1) is 29.0 Å². The van der Waals surface area contributed by atoms with Gasteiger partial charge in [-0.1, -0.05) is 44.2 Å². The molecule has 2 aliphatic heterocycles. The Balaban J connectivity index is 1.68. The molecule has 4 heterocycles. The molecular weight excluding hydrogens is 430 g/mol. The van der Waals surface area contributed by atoms with E-state index in [9.17, 15) is 14.7 Å². The van der Waals surface area contributed by atoms with Crippen molar-refractivity contribution in [2.24, 2.45) is 0 Å². The van der Waals surface area contributed by atoms with Crippen LogP contribution in [-0.4, -0.2) is 45.7 Å². The van der Waals surface area contributed by atoms with E-state index in [4.69, 9.17) is 9.72 Å². The molecule has 1 aromatic carbocycles. The van der Waals surface area contributed by atoms with E-state index < -0.39 is 11.6 Å². The summed E-state index contributed by atoms with van der Waals surface area (Å²) < 4.78 is 6.86. The van der Waals surface area contributed by atoms with Crippen molar-refractivity contribution in [3.05, 3.63) is 69.0 Å². The van der Waals surface area contributed by atoms with Crippen LogP contribution in [0.5, 0.6) is 0 Å². The first kappa shape index (κ1) is 22.5. The number of hydrogen-bond acceptors (Lipinski definition) is 6. The zero-order chi connectivity index (χ0) is 24.0. The number of hydrogen-bond donors (Lipinski definition) is 1. The van der Waals surface area contributed by atoms with Crippen molar-refractivity contribution in [3.63, 3.8) is 0 Å². The first-order valence-corrected chi connectivity index (χ1v) is 11.8. The molecule has 0 radical (unpaired) electrons. The van der Waals surface area contributed by atoms with E-state index in [2.05, 4.69) is 37.1 Å². The highest BCUT2D eigenvalue weighted by Gasteiger charge is 2.45. The van der Waals surface area contributed by atoms with Crippen LogP contribution in [0.25, 0.3) is 28.4 Å².